The Hall–Kier alpha value is -2.51. The van der Waals surface area contributed by atoms with Gasteiger partial charge >= 0.3 is 12.4 Å². The third-order valence-corrected chi connectivity index (χ3v) is 6.97. The van der Waals surface area contributed by atoms with Crippen LogP contribution < -0.4 is 10.1 Å². The predicted octanol–water partition coefficient (Wildman–Crippen LogP) is 5.18. The van der Waals surface area contributed by atoms with Crippen LogP contribution in [0.4, 0.5) is 32.0 Å². The maximum absolute atomic E-state index is 13.0. The molecule has 0 atom stereocenters. The van der Waals surface area contributed by atoms with Crippen LogP contribution in [0.1, 0.15) is 24.0 Å². The molecule has 1 amide bonds. The van der Waals surface area contributed by atoms with Gasteiger partial charge in [-0.2, -0.15) is 30.6 Å². The second-order valence-electron chi connectivity index (χ2n) is 7.33. The average Bonchev–Trinajstić information content (AvgIpc) is 3.27. The highest BCUT2D eigenvalue weighted by Crippen LogP contribution is 2.37. The molecule has 0 aliphatic carbocycles. The van der Waals surface area contributed by atoms with Crippen LogP contribution in [0.25, 0.3) is 0 Å². The molecule has 1 heterocycles. The fourth-order valence-electron chi connectivity index (χ4n) is 3.24. The fourth-order valence-corrected chi connectivity index (χ4v) is 5.15. The Balaban J connectivity index is 1.80. The van der Waals surface area contributed by atoms with Crippen molar-refractivity contribution in [2.45, 2.75) is 30.1 Å². The van der Waals surface area contributed by atoms with Gasteiger partial charge in [0.2, 0.25) is 10.0 Å². The highest BCUT2D eigenvalue weighted by atomic mass is 35.5. The topological polar surface area (TPSA) is 75.7 Å². The molecule has 0 saturated carbocycles. The van der Waals surface area contributed by atoms with Crippen LogP contribution in [-0.4, -0.2) is 38.3 Å². The molecule has 34 heavy (non-hydrogen) atoms. The summed E-state index contributed by atoms with van der Waals surface area (Å²) in [5.74, 6) is -1.35. The van der Waals surface area contributed by atoms with E-state index in [2.05, 4.69) is 0 Å². The van der Waals surface area contributed by atoms with Crippen molar-refractivity contribution in [1.29, 1.82) is 0 Å². The molecule has 1 saturated heterocycles. The highest BCUT2D eigenvalue weighted by Gasteiger charge is 2.37. The van der Waals surface area contributed by atoms with Crippen molar-refractivity contribution in [3.63, 3.8) is 0 Å². The summed E-state index contributed by atoms with van der Waals surface area (Å²) in [5.41, 5.74) is -3.96. The molecule has 0 radical (unpaired) electrons. The van der Waals surface area contributed by atoms with Crippen molar-refractivity contribution < 1.29 is 44.3 Å². The van der Waals surface area contributed by atoms with Gasteiger partial charge in [0.15, 0.2) is 6.61 Å². The van der Waals surface area contributed by atoms with Gasteiger partial charge in [0.1, 0.15) is 10.6 Å². The van der Waals surface area contributed by atoms with Crippen LogP contribution in [0, 0.1) is 0 Å². The number of carbonyl (C=O) groups is 1. The minimum atomic E-state index is -5.08. The Morgan fingerprint density at radius 1 is 0.971 bits per heavy atom. The van der Waals surface area contributed by atoms with E-state index in [1.165, 1.54) is 16.4 Å². The molecule has 1 N–H and O–H groups in total. The number of hydrogen-bond acceptors (Lipinski definition) is 4. The summed E-state index contributed by atoms with van der Waals surface area (Å²) in [5, 5.41) is 1.99. The number of anilines is 1. The minimum Gasteiger partial charge on any atom is -0.482 e. The number of rotatable bonds is 6. The first-order valence-corrected chi connectivity index (χ1v) is 11.5. The minimum absolute atomic E-state index is 0.0740. The molecule has 3 rings (SSSR count). The summed E-state index contributed by atoms with van der Waals surface area (Å²) in [6, 6.07) is 4.25. The molecule has 186 valence electrons. The van der Waals surface area contributed by atoms with Crippen LogP contribution >= 0.6 is 11.6 Å². The first-order chi connectivity index (χ1) is 15.7. The molecule has 0 spiro atoms. The summed E-state index contributed by atoms with van der Waals surface area (Å²) in [6.45, 7) is -0.320. The summed E-state index contributed by atoms with van der Waals surface area (Å²) in [7, 11) is -4.00. The van der Waals surface area contributed by atoms with Gasteiger partial charge in [-0.15, -0.1) is 0 Å². The van der Waals surface area contributed by atoms with Crippen molar-refractivity contribution in [1.82, 2.24) is 4.31 Å². The number of nitrogens with zero attached hydrogens (tertiary/aromatic N) is 1. The Morgan fingerprint density at radius 2 is 1.53 bits per heavy atom. The number of halogens is 7. The molecule has 14 heteroatoms. The smallest absolute Gasteiger partial charge is 0.416 e. The molecule has 0 unspecified atom stereocenters. The molecular formula is C20H17ClF6N2O4S. The number of alkyl halides is 6. The van der Waals surface area contributed by atoms with Crippen LogP contribution in [0.3, 0.4) is 0 Å². The SMILES string of the molecule is O=C(COc1ccc(Cl)cc1S(=O)(=O)N1CCCC1)Nc1cc(C(F)(F)F)cc(C(F)(F)F)c1. The summed E-state index contributed by atoms with van der Waals surface area (Å²) in [6.07, 6.45) is -8.84. The van der Waals surface area contributed by atoms with E-state index in [0.717, 1.165) is 6.07 Å². The second-order valence-corrected chi connectivity index (χ2v) is 9.68. The first-order valence-electron chi connectivity index (χ1n) is 9.70. The Morgan fingerprint density at radius 3 is 2.06 bits per heavy atom. The van der Waals surface area contributed by atoms with Gasteiger partial charge in [-0.1, -0.05) is 11.6 Å². The normalized spacial score (nSPS) is 15.4. The number of amides is 1. The van der Waals surface area contributed by atoms with Crippen LogP contribution in [-0.2, 0) is 27.2 Å². The molecule has 1 aliphatic rings. The summed E-state index contributed by atoms with van der Waals surface area (Å²) in [4.78, 5) is 11.9. The Labute approximate surface area is 195 Å². The van der Waals surface area contributed by atoms with Crippen molar-refractivity contribution >= 4 is 33.2 Å². The third-order valence-electron chi connectivity index (χ3n) is 4.82. The van der Waals surface area contributed by atoms with E-state index in [1.54, 1.807) is 0 Å². The molecule has 2 aromatic carbocycles. The average molecular weight is 531 g/mol. The van der Waals surface area contributed by atoms with Gasteiger partial charge < -0.3 is 10.1 Å². The largest absolute Gasteiger partial charge is 0.482 e. The van der Waals surface area contributed by atoms with E-state index in [1.807, 2.05) is 5.32 Å². The van der Waals surface area contributed by atoms with Crippen LogP contribution in [0.2, 0.25) is 5.02 Å². The lowest BCUT2D eigenvalue weighted by atomic mass is 10.1. The van der Waals surface area contributed by atoms with Gasteiger partial charge in [0.25, 0.3) is 5.91 Å². The standard InChI is InChI=1S/C20H17ClF6N2O4S/c21-14-3-4-16(17(10-14)34(31,32)29-5-1-2-6-29)33-11-18(30)28-15-8-12(19(22,23)24)7-13(9-15)20(25,26)27/h3-4,7-10H,1-2,5-6,11H2,(H,28,30). The fraction of sp³-hybridized carbons (Fsp3) is 0.350. The van der Waals surface area contributed by atoms with Gasteiger partial charge in [0.05, 0.1) is 11.1 Å². The molecule has 6 nitrogen and oxygen atoms in total. The molecule has 1 fully saturated rings. The lowest BCUT2D eigenvalue weighted by molar-refractivity contribution is -0.143. The molecular weight excluding hydrogens is 514 g/mol. The number of sulfonamides is 1. The summed E-state index contributed by atoms with van der Waals surface area (Å²) >= 11 is 5.90. The zero-order valence-corrected chi connectivity index (χ0v) is 18.7. The molecule has 0 bridgehead atoms. The quantitative estimate of drug-likeness (QED) is 0.522. The predicted molar refractivity (Wildman–Crippen MR) is 110 cm³/mol. The van der Waals surface area contributed by atoms with E-state index in [9.17, 15) is 39.6 Å². The number of nitrogens with one attached hydrogen (secondary N) is 1. The monoisotopic (exact) mass is 530 g/mol. The zero-order valence-electron chi connectivity index (χ0n) is 17.1. The Kier molecular flexibility index (Phi) is 7.39. The van der Waals surface area contributed by atoms with Crippen LogP contribution in [0.5, 0.6) is 5.75 Å². The summed E-state index contributed by atoms with van der Waals surface area (Å²) < 4.78 is 110. The van der Waals surface area contributed by atoms with E-state index < -0.39 is 51.7 Å². The van der Waals surface area contributed by atoms with Crippen molar-refractivity contribution in [2.24, 2.45) is 0 Å². The maximum Gasteiger partial charge on any atom is 0.416 e. The van der Waals surface area contributed by atoms with Crippen molar-refractivity contribution in [3.8, 4) is 5.75 Å². The second kappa shape index (κ2) is 9.62. The van der Waals surface area contributed by atoms with E-state index >= 15 is 0 Å². The van der Waals surface area contributed by atoms with Crippen LogP contribution in [0.15, 0.2) is 41.3 Å². The Bertz CT molecular complexity index is 1150. The maximum atomic E-state index is 13.0. The highest BCUT2D eigenvalue weighted by molar-refractivity contribution is 7.89. The first kappa shape index (κ1) is 26.1. The molecule has 1 aliphatic heterocycles. The molecule has 0 aromatic heterocycles. The zero-order chi connectivity index (χ0) is 25.3. The van der Waals surface area contributed by atoms with Crippen molar-refractivity contribution in [2.75, 3.05) is 25.0 Å². The number of carbonyl (C=O) groups excluding carboxylic acids is 1. The lowest BCUT2D eigenvalue weighted by Crippen LogP contribution is -2.29. The van der Waals surface area contributed by atoms with Gasteiger partial charge in [-0.05, 0) is 49.2 Å². The molecule has 2 aromatic rings. The van der Waals surface area contributed by atoms with Gasteiger partial charge in [-0.3, -0.25) is 4.79 Å². The van der Waals surface area contributed by atoms with Crippen molar-refractivity contribution in [3.05, 3.63) is 52.5 Å². The van der Waals surface area contributed by atoms with E-state index in [0.29, 0.717) is 25.0 Å². The number of ether oxygens (including phenoxy) is 1. The van der Waals surface area contributed by atoms with Gasteiger partial charge in [0, 0.05) is 23.8 Å². The third kappa shape index (κ3) is 6.13. The van der Waals surface area contributed by atoms with Gasteiger partial charge in [-0.25, -0.2) is 8.42 Å². The van der Waals surface area contributed by atoms with E-state index in [4.69, 9.17) is 16.3 Å². The number of benzene rings is 2. The lowest BCUT2D eigenvalue weighted by Gasteiger charge is -2.19. The number of hydrogen-bond donors (Lipinski definition) is 1. The van der Waals surface area contributed by atoms with E-state index in [-0.39, 0.29) is 34.8 Å².